The van der Waals surface area contributed by atoms with Crippen LogP contribution in [-0.2, 0) is 13.0 Å². The number of aromatic nitrogens is 3. The molecular weight excluding hydrogens is 316 g/mol. The Morgan fingerprint density at radius 2 is 1.88 bits per heavy atom. The summed E-state index contributed by atoms with van der Waals surface area (Å²) in [5.41, 5.74) is 0. The van der Waals surface area contributed by atoms with Gasteiger partial charge in [0, 0.05) is 38.1 Å². The molecule has 7 heteroatoms. The molecule has 0 radical (unpaired) electrons. The van der Waals surface area contributed by atoms with E-state index in [0.29, 0.717) is 0 Å². The Labute approximate surface area is 149 Å². The summed E-state index contributed by atoms with van der Waals surface area (Å²) in [7, 11) is 0. The van der Waals surface area contributed by atoms with E-state index in [1.165, 1.54) is 12.8 Å². The van der Waals surface area contributed by atoms with Gasteiger partial charge in [-0.3, -0.25) is 0 Å². The van der Waals surface area contributed by atoms with E-state index in [1.54, 1.807) is 0 Å². The number of amides is 2. The van der Waals surface area contributed by atoms with Gasteiger partial charge in [0.25, 0.3) is 0 Å². The van der Waals surface area contributed by atoms with Gasteiger partial charge in [0.2, 0.25) is 0 Å². The van der Waals surface area contributed by atoms with Gasteiger partial charge in [-0.2, -0.15) is 0 Å². The third-order valence-corrected chi connectivity index (χ3v) is 5.80. The number of hydrogen-bond donors (Lipinski definition) is 2. The zero-order valence-electron chi connectivity index (χ0n) is 15.4. The molecule has 1 saturated heterocycles. The minimum absolute atomic E-state index is 0.0704. The SMILES string of the molecule is CC(C)[C@@H](NC(=O)NC1CCN(C2CC2)CC1)c1nnc2n1CCC2. The number of carbonyl (C=O) groups excluding carboxylic acids is 1. The van der Waals surface area contributed by atoms with Crippen LogP contribution in [0.3, 0.4) is 0 Å². The third kappa shape index (κ3) is 3.66. The molecule has 25 heavy (non-hydrogen) atoms. The summed E-state index contributed by atoms with van der Waals surface area (Å²) in [6, 6.07) is 0.951. The molecule has 0 bridgehead atoms. The summed E-state index contributed by atoms with van der Waals surface area (Å²) in [6.45, 7) is 7.43. The van der Waals surface area contributed by atoms with Gasteiger partial charge in [0.05, 0.1) is 6.04 Å². The second-order valence-corrected chi connectivity index (χ2v) is 8.11. The van der Waals surface area contributed by atoms with Crippen LogP contribution in [0, 0.1) is 5.92 Å². The molecule has 4 rings (SSSR count). The van der Waals surface area contributed by atoms with Crippen molar-refractivity contribution in [2.24, 2.45) is 5.92 Å². The number of nitrogens with zero attached hydrogens (tertiary/aromatic N) is 4. The summed E-state index contributed by atoms with van der Waals surface area (Å²) in [4.78, 5) is 15.1. The van der Waals surface area contributed by atoms with Crippen molar-refractivity contribution in [1.29, 1.82) is 0 Å². The summed E-state index contributed by atoms with van der Waals surface area (Å²) >= 11 is 0. The monoisotopic (exact) mass is 346 g/mol. The number of urea groups is 1. The van der Waals surface area contributed by atoms with Crippen molar-refractivity contribution < 1.29 is 4.79 Å². The molecule has 3 aliphatic rings. The molecule has 0 aromatic carbocycles. The summed E-state index contributed by atoms with van der Waals surface area (Å²) in [5, 5.41) is 15.0. The lowest BCUT2D eigenvalue weighted by molar-refractivity contribution is 0.183. The average molecular weight is 346 g/mol. The maximum atomic E-state index is 12.6. The highest BCUT2D eigenvalue weighted by atomic mass is 16.2. The van der Waals surface area contributed by atoms with E-state index < -0.39 is 0 Å². The molecule has 0 unspecified atom stereocenters. The molecule has 7 nitrogen and oxygen atoms in total. The fraction of sp³-hybridized carbons (Fsp3) is 0.833. The van der Waals surface area contributed by atoms with E-state index in [-0.39, 0.29) is 24.0 Å². The first-order valence-corrected chi connectivity index (χ1v) is 9.85. The first-order valence-electron chi connectivity index (χ1n) is 9.85. The normalized spacial score (nSPS) is 22.8. The molecule has 1 aliphatic carbocycles. The van der Waals surface area contributed by atoms with Gasteiger partial charge in [-0.05, 0) is 38.0 Å². The van der Waals surface area contributed by atoms with Crippen LogP contribution in [0.2, 0.25) is 0 Å². The molecule has 1 atom stereocenters. The highest BCUT2D eigenvalue weighted by molar-refractivity contribution is 5.74. The molecule has 2 aliphatic heterocycles. The predicted molar refractivity (Wildman–Crippen MR) is 95.2 cm³/mol. The Morgan fingerprint density at radius 1 is 1.12 bits per heavy atom. The van der Waals surface area contributed by atoms with E-state index in [1.807, 2.05) is 0 Å². The van der Waals surface area contributed by atoms with Crippen LogP contribution in [0.5, 0.6) is 0 Å². The smallest absolute Gasteiger partial charge is 0.315 e. The fourth-order valence-corrected chi connectivity index (χ4v) is 4.15. The molecule has 1 saturated carbocycles. The highest BCUT2D eigenvalue weighted by Gasteiger charge is 2.33. The van der Waals surface area contributed by atoms with Gasteiger partial charge in [-0.25, -0.2) is 4.79 Å². The van der Waals surface area contributed by atoms with E-state index in [2.05, 4.69) is 44.1 Å². The van der Waals surface area contributed by atoms with Gasteiger partial charge in [0.15, 0.2) is 5.82 Å². The lowest BCUT2D eigenvalue weighted by Crippen LogP contribution is -2.49. The van der Waals surface area contributed by atoms with Gasteiger partial charge < -0.3 is 20.1 Å². The Bertz CT molecular complexity index is 615. The number of likely N-dealkylation sites (tertiary alicyclic amines) is 1. The molecular formula is C18H30N6O. The fourth-order valence-electron chi connectivity index (χ4n) is 4.15. The number of hydrogen-bond acceptors (Lipinski definition) is 4. The number of carbonyl (C=O) groups is 1. The van der Waals surface area contributed by atoms with E-state index >= 15 is 0 Å². The van der Waals surface area contributed by atoms with Crippen LogP contribution in [0.25, 0.3) is 0 Å². The van der Waals surface area contributed by atoms with Crippen molar-refractivity contribution >= 4 is 6.03 Å². The molecule has 2 N–H and O–H groups in total. The first kappa shape index (κ1) is 16.8. The predicted octanol–water partition coefficient (Wildman–Crippen LogP) is 1.85. The van der Waals surface area contributed by atoms with Gasteiger partial charge in [0.1, 0.15) is 5.82 Å². The van der Waals surface area contributed by atoms with Crippen molar-refractivity contribution in [3.05, 3.63) is 11.6 Å². The lowest BCUT2D eigenvalue weighted by atomic mass is 10.0. The Hall–Kier alpha value is -1.63. The largest absolute Gasteiger partial charge is 0.335 e. The van der Waals surface area contributed by atoms with Crippen molar-refractivity contribution in [3.63, 3.8) is 0 Å². The summed E-state index contributed by atoms with van der Waals surface area (Å²) < 4.78 is 2.18. The van der Waals surface area contributed by atoms with Crippen molar-refractivity contribution in [2.45, 2.75) is 77.0 Å². The molecule has 1 aromatic rings. The lowest BCUT2D eigenvalue weighted by Gasteiger charge is -2.33. The van der Waals surface area contributed by atoms with Crippen LogP contribution < -0.4 is 10.6 Å². The minimum atomic E-state index is -0.0918. The molecule has 2 amide bonds. The standard InChI is InChI=1S/C18H30N6O/c1-12(2)16(17-22-21-15-4-3-9-24(15)17)20-18(25)19-13-7-10-23(11-8-13)14-5-6-14/h12-14,16H,3-11H2,1-2H3,(H2,19,20,25)/t16-/m1/s1. The van der Waals surface area contributed by atoms with Crippen LogP contribution in [0.4, 0.5) is 4.79 Å². The average Bonchev–Trinajstić information content (AvgIpc) is 3.20. The molecule has 0 spiro atoms. The Kier molecular flexibility index (Phi) is 4.67. The number of nitrogens with one attached hydrogen (secondary N) is 2. The van der Waals surface area contributed by atoms with E-state index in [0.717, 1.165) is 63.0 Å². The second kappa shape index (κ2) is 6.94. The molecule has 138 valence electrons. The van der Waals surface area contributed by atoms with Crippen LogP contribution in [0.15, 0.2) is 0 Å². The van der Waals surface area contributed by atoms with Crippen molar-refractivity contribution in [3.8, 4) is 0 Å². The number of rotatable bonds is 5. The number of piperidine rings is 1. The van der Waals surface area contributed by atoms with E-state index in [4.69, 9.17) is 0 Å². The van der Waals surface area contributed by atoms with Crippen LogP contribution >= 0.6 is 0 Å². The summed E-state index contributed by atoms with van der Waals surface area (Å²) in [6.07, 6.45) is 6.93. The quantitative estimate of drug-likeness (QED) is 0.853. The van der Waals surface area contributed by atoms with Crippen molar-refractivity contribution in [2.75, 3.05) is 13.1 Å². The van der Waals surface area contributed by atoms with Gasteiger partial charge >= 0.3 is 6.03 Å². The first-order chi connectivity index (χ1) is 12.1. The van der Waals surface area contributed by atoms with Gasteiger partial charge in [-0.15, -0.1) is 10.2 Å². The molecule has 3 heterocycles. The van der Waals surface area contributed by atoms with Crippen molar-refractivity contribution in [1.82, 2.24) is 30.3 Å². The highest BCUT2D eigenvalue weighted by Crippen LogP contribution is 2.29. The molecule has 1 aromatic heterocycles. The van der Waals surface area contributed by atoms with E-state index in [9.17, 15) is 4.79 Å². The Morgan fingerprint density at radius 3 is 2.56 bits per heavy atom. The zero-order chi connectivity index (χ0) is 17.4. The topological polar surface area (TPSA) is 75.1 Å². The van der Waals surface area contributed by atoms with Crippen LogP contribution in [0.1, 0.15) is 63.6 Å². The minimum Gasteiger partial charge on any atom is -0.335 e. The maximum Gasteiger partial charge on any atom is 0.315 e. The van der Waals surface area contributed by atoms with Gasteiger partial charge in [-0.1, -0.05) is 13.8 Å². The third-order valence-electron chi connectivity index (χ3n) is 5.80. The summed E-state index contributed by atoms with van der Waals surface area (Å²) in [5.74, 6) is 2.23. The second-order valence-electron chi connectivity index (χ2n) is 8.11. The number of fused-ring (bicyclic) bond motifs is 1. The maximum absolute atomic E-state index is 12.6. The zero-order valence-corrected chi connectivity index (χ0v) is 15.4. The Balaban J connectivity index is 1.33. The number of aryl methyl sites for hydroxylation is 1. The van der Waals surface area contributed by atoms with Crippen LogP contribution in [-0.4, -0.2) is 50.9 Å². The molecule has 2 fully saturated rings.